The number of rotatable bonds is 5. The summed E-state index contributed by atoms with van der Waals surface area (Å²) >= 11 is 5.96. The maximum Gasteiger partial charge on any atom is 0.121 e. The molecule has 0 spiro atoms. The first-order valence-electron chi connectivity index (χ1n) is 7.19. The molecule has 1 aromatic heterocycles. The number of alkyl halides is 1. The van der Waals surface area contributed by atoms with Crippen molar-refractivity contribution >= 4 is 22.6 Å². The summed E-state index contributed by atoms with van der Waals surface area (Å²) in [5.74, 6) is 3.30. The molecule has 0 amide bonds. The zero-order valence-electron chi connectivity index (χ0n) is 12.3. The molecule has 1 aliphatic carbocycles. The number of hydrogen-bond donors (Lipinski definition) is 0. The second-order valence-electron chi connectivity index (χ2n) is 6.09. The summed E-state index contributed by atoms with van der Waals surface area (Å²) in [6.07, 6.45) is 3.41. The number of benzene rings is 1. The fourth-order valence-corrected chi connectivity index (χ4v) is 3.27. The number of fused-ring (bicyclic) bond motifs is 1. The molecule has 0 saturated heterocycles. The zero-order valence-corrected chi connectivity index (χ0v) is 13.1. The molecule has 1 fully saturated rings. The van der Waals surface area contributed by atoms with Crippen LogP contribution in [0.3, 0.4) is 0 Å². The van der Waals surface area contributed by atoms with Crippen LogP contribution in [0.15, 0.2) is 18.2 Å². The molecule has 0 unspecified atom stereocenters. The number of imidazole rings is 1. The van der Waals surface area contributed by atoms with Gasteiger partial charge in [0.15, 0.2) is 0 Å². The van der Waals surface area contributed by atoms with Gasteiger partial charge >= 0.3 is 0 Å². The van der Waals surface area contributed by atoms with Gasteiger partial charge in [-0.3, -0.25) is 0 Å². The van der Waals surface area contributed by atoms with E-state index in [1.165, 1.54) is 12.8 Å². The van der Waals surface area contributed by atoms with Gasteiger partial charge in [0.2, 0.25) is 0 Å². The summed E-state index contributed by atoms with van der Waals surface area (Å²) in [5, 5.41) is 0. The highest BCUT2D eigenvalue weighted by atomic mass is 35.5. The van der Waals surface area contributed by atoms with Crippen LogP contribution in [-0.4, -0.2) is 22.5 Å². The minimum Gasteiger partial charge on any atom is -0.497 e. The average Bonchev–Trinajstić information content (AvgIpc) is 3.21. The van der Waals surface area contributed by atoms with Crippen molar-refractivity contribution in [1.29, 1.82) is 0 Å². The third-order valence-corrected chi connectivity index (χ3v) is 4.59. The van der Waals surface area contributed by atoms with E-state index < -0.39 is 0 Å². The number of aromatic nitrogens is 2. The van der Waals surface area contributed by atoms with Gasteiger partial charge < -0.3 is 9.30 Å². The van der Waals surface area contributed by atoms with Crippen molar-refractivity contribution in [1.82, 2.24) is 9.55 Å². The molecule has 3 nitrogen and oxygen atoms in total. The molecule has 1 heterocycles. The normalized spacial score (nSPS) is 15.8. The Labute approximate surface area is 124 Å². The number of ether oxygens (including phenoxy) is 1. The van der Waals surface area contributed by atoms with Crippen LogP contribution in [0.5, 0.6) is 5.75 Å². The number of hydrogen-bond acceptors (Lipinski definition) is 2. The predicted octanol–water partition coefficient (Wildman–Crippen LogP) is 3.97. The van der Waals surface area contributed by atoms with Crippen molar-refractivity contribution in [2.24, 2.45) is 5.92 Å². The van der Waals surface area contributed by atoms with Gasteiger partial charge in [-0.15, -0.1) is 11.6 Å². The van der Waals surface area contributed by atoms with Gasteiger partial charge in [0.05, 0.1) is 18.1 Å². The molecule has 0 atom stereocenters. The Morgan fingerprint density at radius 1 is 1.40 bits per heavy atom. The van der Waals surface area contributed by atoms with Crippen molar-refractivity contribution in [3.8, 4) is 5.75 Å². The Bertz CT molecular complexity index is 629. The molecule has 3 rings (SSSR count). The van der Waals surface area contributed by atoms with E-state index >= 15 is 0 Å². The lowest BCUT2D eigenvalue weighted by Crippen LogP contribution is -2.30. The van der Waals surface area contributed by atoms with Crippen molar-refractivity contribution in [3.63, 3.8) is 0 Å². The van der Waals surface area contributed by atoms with E-state index in [2.05, 4.69) is 24.5 Å². The van der Waals surface area contributed by atoms with Crippen LogP contribution in [0.2, 0.25) is 0 Å². The van der Waals surface area contributed by atoms with Crippen molar-refractivity contribution in [2.75, 3.05) is 13.0 Å². The van der Waals surface area contributed by atoms with Crippen LogP contribution in [0.1, 0.15) is 32.5 Å². The van der Waals surface area contributed by atoms with E-state index in [1.54, 1.807) is 7.11 Å². The highest BCUT2D eigenvalue weighted by Gasteiger charge is 2.41. The molecule has 0 bridgehead atoms. The van der Waals surface area contributed by atoms with Gasteiger partial charge in [-0.1, -0.05) is 0 Å². The Kier molecular flexibility index (Phi) is 3.41. The maximum atomic E-state index is 5.96. The van der Waals surface area contributed by atoms with E-state index in [1.807, 2.05) is 12.1 Å². The fourth-order valence-electron chi connectivity index (χ4n) is 3.10. The zero-order chi connectivity index (χ0) is 14.3. The molecule has 2 aromatic rings. The third-order valence-electron chi connectivity index (χ3n) is 4.40. The fraction of sp³-hybridized carbons (Fsp3) is 0.562. The lowest BCUT2D eigenvalue weighted by Gasteiger charge is -2.29. The highest BCUT2D eigenvalue weighted by Crippen LogP contribution is 2.46. The Morgan fingerprint density at radius 3 is 2.75 bits per heavy atom. The minimum absolute atomic E-state index is 0.0858. The van der Waals surface area contributed by atoms with E-state index in [4.69, 9.17) is 21.3 Å². The molecule has 0 N–H and O–H groups in total. The van der Waals surface area contributed by atoms with E-state index in [0.29, 0.717) is 5.88 Å². The van der Waals surface area contributed by atoms with Crippen molar-refractivity contribution < 1.29 is 4.74 Å². The summed E-state index contributed by atoms with van der Waals surface area (Å²) < 4.78 is 7.75. The summed E-state index contributed by atoms with van der Waals surface area (Å²) in [7, 11) is 1.70. The molecule has 0 aliphatic heterocycles. The molecular formula is C16H21ClN2O. The van der Waals surface area contributed by atoms with Crippen LogP contribution < -0.4 is 4.74 Å². The molecule has 1 saturated carbocycles. The van der Waals surface area contributed by atoms with Gasteiger partial charge in [-0.25, -0.2) is 4.98 Å². The SMILES string of the molecule is COc1ccc2nc(CCCl)n(C(C)(C)C3CC3)c2c1. The summed E-state index contributed by atoms with van der Waals surface area (Å²) in [6, 6.07) is 6.09. The Hall–Kier alpha value is -1.22. The summed E-state index contributed by atoms with van der Waals surface area (Å²) in [4.78, 5) is 4.78. The Balaban J connectivity index is 2.21. The lowest BCUT2D eigenvalue weighted by molar-refractivity contribution is 0.304. The third kappa shape index (κ3) is 2.18. The van der Waals surface area contributed by atoms with Gasteiger partial charge in [-0.2, -0.15) is 0 Å². The van der Waals surface area contributed by atoms with E-state index in [-0.39, 0.29) is 5.54 Å². The maximum absolute atomic E-state index is 5.96. The average molecular weight is 293 g/mol. The first-order valence-corrected chi connectivity index (χ1v) is 7.73. The van der Waals surface area contributed by atoms with E-state index in [9.17, 15) is 0 Å². The van der Waals surface area contributed by atoms with Crippen LogP contribution in [0.25, 0.3) is 11.0 Å². The van der Waals surface area contributed by atoms with Crippen LogP contribution in [0.4, 0.5) is 0 Å². The molecular weight excluding hydrogens is 272 g/mol. The van der Waals surface area contributed by atoms with Gasteiger partial charge in [-0.05, 0) is 44.7 Å². The van der Waals surface area contributed by atoms with Crippen molar-refractivity contribution in [3.05, 3.63) is 24.0 Å². The van der Waals surface area contributed by atoms with Crippen LogP contribution in [-0.2, 0) is 12.0 Å². The number of nitrogens with zero attached hydrogens (tertiary/aromatic N) is 2. The molecule has 1 aromatic carbocycles. The topological polar surface area (TPSA) is 27.1 Å². The first-order chi connectivity index (χ1) is 9.57. The second-order valence-corrected chi connectivity index (χ2v) is 6.46. The highest BCUT2D eigenvalue weighted by molar-refractivity contribution is 6.17. The molecule has 20 heavy (non-hydrogen) atoms. The molecule has 108 valence electrons. The smallest absolute Gasteiger partial charge is 0.121 e. The number of halogens is 1. The summed E-state index contributed by atoms with van der Waals surface area (Å²) in [6.45, 7) is 4.62. The quantitative estimate of drug-likeness (QED) is 0.780. The number of aryl methyl sites for hydroxylation is 1. The van der Waals surface area contributed by atoms with Crippen molar-refractivity contribution in [2.45, 2.75) is 38.6 Å². The standard InChI is InChI=1S/C16H21ClN2O/c1-16(2,11-4-5-11)19-14-10-12(20-3)6-7-13(14)18-15(19)8-9-17/h6-7,10-11H,4-5,8-9H2,1-3H3. The van der Waals surface area contributed by atoms with Crippen LogP contribution in [0, 0.1) is 5.92 Å². The largest absolute Gasteiger partial charge is 0.497 e. The summed E-state index contributed by atoms with van der Waals surface area (Å²) in [5.41, 5.74) is 2.27. The minimum atomic E-state index is 0.0858. The lowest BCUT2D eigenvalue weighted by atomic mass is 9.97. The second kappa shape index (κ2) is 4.96. The Morgan fingerprint density at radius 2 is 2.15 bits per heavy atom. The molecule has 4 heteroatoms. The van der Waals surface area contributed by atoms with Gasteiger partial charge in [0.1, 0.15) is 11.6 Å². The predicted molar refractivity (Wildman–Crippen MR) is 82.8 cm³/mol. The van der Waals surface area contributed by atoms with Gasteiger partial charge in [0, 0.05) is 23.9 Å². The molecule has 1 aliphatic rings. The van der Waals surface area contributed by atoms with Crippen LogP contribution >= 0.6 is 11.6 Å². The van der Waals surface area contributed by atoms with E-state index in [0.717, 1.165) is 34.9 Å². The first kappa shape index (κ1) is 13.7. The monoisotopic (exact) mass is 292 g/mol. The molecule has 0 radical (unpaired) electrons. The number of methoxy groups -OCH3 is 1. The van der Waals surface area contributed by atoms with Gasteiger partial charge in [0.25, 0.3) is 0 Å².